The van der Waals surface area contributed by atoms with E-state index in [9.17, 15) is 14.4 Å². The molecule has 0 bridgehead atoms. The Labute approximate surface area is 178 Å². The smallest absolute Gasteiger partial charge is 0.229 e. The number of benzene rings is 2. The van der Waals surface area contributed by atoms with Gasteiger partial charge >= 0.3 is 0 Å². The van der Waals surface area contributed by atoms with Gasteiger partial charge in [0.1, 0.15) is 5.82 Å². The van der Waals surface area contributed by atoms with Gasteiger partial charge in [-0.1, -0.05) is 23.9 Å². The van der Waals surface area contributed by atoms with Crippen LogP contribution in [-0.2, 0) is 4.79 Å². The van der Waals surface area contributed by atoms with Crippen LogP contribution in [0.25, 0.3) is 0 Å². The minimum absolute atomic E-state index is 0.0711. The molecule has 0 aromatic heterocycles. The number of anilines is 1. The third kappa shape index (κ3) is 3.46. The van der Waals surface area contributed by atoms with Crippen molar-refractivity contribution in [1.29, 1.82) is 5.26 Å². The molecule has 1 saturated heterocycles. The Morgan fingerprint density at radius 3 is 2.60 bits per heavy atom. The number of carbonyl (C=O) groups is 1. The molecule has 0 N–H and O–H groups in total. The number of allylic oxidation sites excluding steroid dienone is 1. The van der Waals surface area contributed by atoms with Crippen molar-refractivity contribution in [3.63, 3.8) is 0 Å². The van der Waals surface area contributed by atoms with Crippen LogP contribution in [0.3, 0.4) is 0 Å². The van der Waals surface area contributed by atoms with E-state index in [4.69, 9.17) is 9.47 Å². The average molecular weight is 425 g/mol. The van der Waals surface area contributed by atoms with Gasteiger partial charge < -0.3 is 14.4 Å². The summed E-state index contributed by atoms with van der Waals surface area (Å²) in [4.78, 5) is 16.7. The Hall–Kier alpha value is -3.18. The highest BCUT2D eigenvalue weighted by Crippen LogP contribution is 2.47. The monoisotopic (exact) mass is 425 g/mol. The molecule has 0 radical (unpaired) electrons. The van der Waals surface area contributed by atoms with Crippen LogP contribution in [0, 0.1) is 17.1 Å². The number of carbonyl (C=O) groups excluding carboxylic acids is 1. The predicted molar refractivity (Wildman–Crippen MR) is 113 cm³/mol. The van der Waals surface area contributed by atoms with Crippen LogP contribution in [0.4, 0.5) is 10.1 Å². The molecule has 6 nitrogen and oxygen atoms in total. The molecule has 0 spiro atoms. The number of ether oxygens (including phenoxy) is 2. The van der Waals surface area contributed by atoms with Crippen molar-refractivity contribution in [2.24, 2.45) is 0 Å². The summed E-state index contributed by atoms with van der Waals surface area (Å²) in [6, 6.07) is 14.0. The summed E-state index contributed by atoms with van der Waals surface area (Å²) in [5, 5.41) is 10.6. The van der Waals surface area contributed by atoms with Gasteiger partial charge in [0.2, 0.25) is 5.91 Å². The van der Waals surface area contributed by atoms with Crippen molar-refractivity contribution < 1.29 is 18.7 Å². The number of methoxy groups -OCH3 is 2. The molecule has 1 atom stereocenters. The minimum atomic E-state index is -0.399. The standard InChI is InChI=1S/C22H20FN3O3S/c1-28-19-5-3-4-16(21(19)29-2)17-10-20(27)26-12-25(13-30-22(26)18(17)11-24)15-8-6-14(23)7-9-15/h3-9,17H,10,12-13H2,1-2H3/t17-/m1/s1. The summed E-state index contributed by atoms with van der Waals surface area (Å²) in [6.07, 6.45) is 0.160. The molecule has 0 unspecified atom stereocenters. The maximum absolute atomic E-state index is 13.3. The van der Waals surface area contributed by atoms with Gasteiger partial charge in [0.15, 0.2) is 11.5 Å². The number of fused-ring (bicyclic) bond motifs is 1. The molecule has 4 rings (SSSR count). The first-order chi connectivity index (χ1) is 14.6. The summed E-state index contributed by atoms with van der Waals surface area (Å²) in [5.41, 5.74) is 2.13. The van der Waals surface area contributed by atoms with Crippen LogP contribution >= 0.6 is 11.8 Å². The third-order valence-electron chi connectivity index (χ3n) is 5.29. The van der Waals surface area contributed by atoms with Crippen molar-refractivity contribution >= 4 is 23.4 Å². The number of hydrogen-bond acceptors (Lipinski definition) is 6. The molecular formula is C22H20FN3O3S. The number of thioether (sulfide) groups is 1. The van der Waals surface area contributed by atoms with Crippen molar-refractivity contribution in [1.82, 2.24) is 4.90 Å². The van der Waals surface area contributed by atoms with Crippen molar-refractivity contribution in [2.75, 3.05) is 31.7 Å². The largest absolute Gasteiger partial charge is 0.493 e. The summed E-state index contributed by atoms with van der Waals surface area (Å²) >= 11 is 1.43. The van der Waals surface area contributed by atoms with Crippen LogP contribution < -0.4 is 14.4 Å². The van der Waals surface area contributed by atoms with Gasteiger partial charge in [-0.3, -0.25) is 9.69 Å². The summed E-state index contributed by atoms with van der Waals surface area (Å²) in [6.45, 7) is 0.319. The molecule has 2 aliphatic heterocycles. The van der Waals surface area contributed by atoms with E-state index in [1.807, 2.05) is 17.0 Å². The topological polar surface area (TPSA) is 65.8 Å². The second-order valence-corrected chi connectivity index (χ2v) is 7.86. The molecule has 8 heteroatoms. The van der Waals surface area contributed by atoms with E-state index in [0.29, 0.717) is 34.6 Å². The van der Waals surface area contributed by atoms with E-state index < -0.39 is 5.92 Å². The lowest BCUT2D eigenvalue weighted by Crippen LogP contribution is -2.47. The minimum Gasteiger partial charge on any atom is -0.493 e. The number of hydrogen-bond donors (Lipinski definition) is 0. The SMILES string of the molecule is COc1cccc([C@H]2CC(=O)N3CN(c4ccc(F)cc4)CSC3=C2C#N)c1OC. The normalized spacial score (nSPS) is 18.7. The second-order valence-electron chi connectivity index (χ2n) is 6.92. The predicted octanol–water partition coefficient (Wildman–Crippen LogP) is 4.06. The summed E-state index contributed by atoms with van der Waals surface area (Å²) < 4.78 is 24.2. The lowest BCUT2D eigenvalue weighted by atomic mass is 9.85. The number of amides is 1. The molecule has 154 valence electrons. The van der Waals surface area contributed by atoms with Crippen molar-refractivity contribution in [2.45, 2.75) is 12.3 Å². The lowest BCUT2D eigenvalue weighted by Gasteiger charge is -2.42. The van der Waals surface area contributed by atoms with Gasteiger partial charge in [0.05, 0.1) is 43.4 Å². The molecule has 30 heavy (non-hydrogen) atoms. The molecule has 1 fully saturated rings. The van der Waals surface area contributed by atoms with Crippen LogP contribution in [0.15, 0.2) is 53.1 Å². The van der Waals surface area contributed by atoms with Crippen molar-refractivity contribution in [3.8, 4) is 17.6 Å². The van der Waals surface area contributed by atoms with Crippen LogP contribution in [0.1, 0.15) is 17.9 Å². The summed E-state index contributed by atoms with van der Waals surface area (Å²) in [5.74, 6) is 0.874. The Balaban J connectivity index is 1.70. The Kier molecular flexibility index (Phi) is 5.55. The van der Waals surface area contributed by atoms with Gasteiger partial charge in [-0.15, -0.1) is 0 Å². The number of nitrogens with zero attached hydrogens (tertiary/aromatic N) is 3. The van der Waals surface area contributed by atoms with Gasteiger partial charge in [-0.05, 0) is 30.3 Å². The number of para-hydroxylation sites is 1. The van der Waals surface area contributed by atoms with E-state index in [2.05, 4.69) is 6.07 Å². The highest BCUT2D eigenvalue weighted by atomic mass is 32.2. The molecular weight excluding hydrogens is 405 g/mol. The molecule has 0 aliphatic carbocycles. The zero-order chi connectivity index (χ0) is 21.3. The third-order valence-corrected chi connectivity index (χ3v) is 6.45. The lowest BCUT2D eigenvalue weighted by molar-refractivity contribution is -0.129. The van der Waals surface area contributed by atoms with E-state index >= 15 is 0 Å². The van der Waals surface area contributed by atoms with Gasteiger partial charge in [0.25, 0.3) is 0 Å². The van der Waals surface area contributed by atoms with E-state index in [0.717, 1.165) is 11.3 Å². The second kappa shape index (κ2) is 8.28. The van der Waals surface area contributed by atoms with Crippen LogP contribution in [0.5, 0.6) is 11.5 Å². The molecule has 2 heterocycles. The van der Waals surface area contributed by atoms with E-state index in [1.54, 1.807) is 37.3 Å². The zero-order valence-corrected chi connectivity index (χ0v) is 17.4. The quantitative estimate of drug-likeness (QED) is 0.736. The maximum atomic E-state index is 13.3. The van der Waals surface area contributed by atoms with Gasteiger partial charge in [-0.2, -0.15) is 5.26 Å². The number of nitriles is 1. The summed E-state index contributed by atoms with van der Waals surface area (Å²) in [7, 11) is 3.10. The number of rotatable bonds is 4. The first kappa shape index (κ1) is 20.1. The zero-order valence-electron chi connectivity index (χ0n) is 16.6. The maximum Gasteiger partial charge on any atom is 0.229 e. The molecule has 2 aromatic carbocycles. The van der Waals surface area contributed by atoms with Crippen LogP contribution in [0.2, 0.25) is 0 Å². The first-order valence-corrected chi connectivity index (χ1v) is 10.3. The molecule has 2 aliphatic rings. The fourth-order valence-electron chi connectivity index (χ4n) is 3.83. The van der Waals surface area contributed by atoms with E-state index in [-0.39, 0.29) is 18.1 Å². The Bertz CT molecular complexity index is 1050. The Morgan fingerprint density at radius 1 is 1.17 bits per heavy atom. The highest BCUT2D eigenvalue weighted by molar-refractivity contribution is 8.03. The number of halogens is 1. The van der Waals surface area contributed by atoms with Crippen LogP contribution in [-0.4, -0.2) is 37.6 Å². The average Bonchev–Trinajstić information content (AvgIpc) is 2.78. The van der Waals surface area contributed by atoms with Gasteiger partial charge in [-0.25, -0.2) is 4.39 Å². The fraction of sp³-hybridized carbons (Fsp3) is 0.273. The van der Waals surface area contributed by atoms with Crippen molar-refractivity contribution in [3.05, 3.63) is 64.4 Å². The molecule has 1 amide bonds. The van der Waals surface area contributed by atoms with E-state index in [1.165, 1.54) is 23.9 Å². The molecule has 2 aromatic rings. The van der Waals surface area contributed by atoms with Gasteiger partial charge in [0, 0.05) is 23.6 Å². The molecule has 0 saturated carbocycles. The Morgan fingerprint density at radius 2 is 1.93 bits per heavy atom. The highest BCUT2D eigenvalue weighted by Gasteiger charge is 2.39. The first-order valence-electron chi connectivity index (χ1n) is 9.36. The fourth-order valence-corrected chi connectivity index (χ4v) is 5.00.